The van der Waals surface area contributed by atoms with E-state index in [1.807, 2.05) is 17.0 Å². The molecule has 0 bridgehead atoms. The standard InChI is InChI=1S/C17H25FN2O2/c18-16-11-13(12-19-14-2-4-15(21)5-3-14)1-6-17(16)20-7-9-22-10-8-20/h1,6,11,14-15,19,21H,2-5,7-10,12H2. The maximum Gasteiger partial charge on any atom is 0.146 e. The summed E-state index contributed by atoms with van der Waals surface area (Å²) in [6, 6.07) is 5.95. The number of halogens is 1. The predicted molar refractivity (Wildman–Crippen MR) is 84.5 cm³/mol. The number of hydrogen-bond donors (Lipinski definition) is 2. The van der Waals surface area contributed by atoms with Crippen LogP contribution in [0.2, 0.25) is 0 Å². The Kier molecular flexibility index (Phi) is 5.28. The molecular formula is C17H25FN2O2. The van der Waals surface area contributed by atoms with Gasteiger partial charge in [0.2, 0.25) is 0 Å². The minimum Gasteiger partial charge on any atom is -0.393 e. The van der Waals surface area contributed by atoms with Crippen LogP contribution in [0.25, 0.3) is 0 Å². The molecule has 2 N–H and O–H groups in total. The average molecular weight is 308 g/mol. The van der Waals surface area contributed by atoms with Crippen molar-refractivity contribution >= 4 is 5.69 Å². The topological polar surface area (TPSA) is 44.7 Å². The van der Waals surface area contributed by atoms with Gasteiger partial charge in [-0.3, -0.25) is 0 Å². The van der Waals surface area contributed by atoms with Crippen LogP contribution >= 0.6 is 0 Å². The lowest BCUT2D eigenvalue weighted by atomic mass is 9.93. The predicted octanol–water partition coefficient (Wildman–Crippen LogP) is 2.06. The number of benzene rings is 1. The third kappa shape index (κ3) is 3.97. The first-order valence-electron chi connectivity index (χ1n) is 8.25. The fraction of sp³-hybridized carbons (Fsp3) is 0.647. The zero-order valence-electron chi connectivity index (χ0n) is 12.9. The van der Waals surface area contributed by atoms with Crippen LogP contribution in [0.5, 0.6) is 0 Å². The van der Waals surface area contributed by atoms with Gasteiger partial charge in [0.1, 0.15) is 5.82 Å². The van der Waals surface area contributed by atoms with Crippen molar-refractivity contribution < 1.29 is 14.2 Å². The Hall–Kier alpha value is -1.17. The van der Waals surface area contributed by atoms with E-state index < -0.39 is 0 Å². The highest BCUT2D eigenvalue weighted by molar-refractivity contribution is 5.49. The van der Waals surface area contributed by atoms with E-state index in [2.05, 4.69) is 5.32 Å². The number of hydrogen-bond acceptors (Lipinski definition) is 4. The Morgan fingerprint density at radius 1 is 1.18 bits per heavy atom. The van der Waals surface area contributed by atoms with Gasteiger partial charge in [-0.15, -0.1) is 0 Å². The highest BCUT2D eigenvalue weighted by Gasteiger charge is 2.19. The van der Waals surface area contributed by atoms with Crippen molar-refractivity contribution in [3.63, 3.8) is 0 Å². The van der Waals surface area contributed by atoms with Gasteiger partial charge >= 0.3 is 0 Å². The van der Waals surface area contributed by atoms with E-state index in [-0.39, 0.29) is 11.9 Å². The van der Waals surface area contributed by atoms with Crippen LogP contribution in [-0.2, 0) is 11.3 Å². The molecule has 2 fully saturated rings. The molecule has 0 unspecified atom stereocenters. The summed E-state index contributed by atoms with van der Waals surface area (Å²) in [5.74, 6) is -0.153. The third-order valence-electron chi connectivity index (χ3n) is 4.66. The molecular weight excluding hydrogens is 283 g/mol. The van der Waals surface area contributed by atoms with Crippen molar-refractivity contribution in [3.05, 3.63) is 29.6 Å². The summed E-state index contributed by atoms with van der Waals surface area (Å²) in [6.45, 7) is 3.51. The number of anilines is 1. The van der Waals surface area contributed by atoms with E-state index in [0.717, 1.165) is 44.3 Å². The molecule has 0 spiro atoms. The van der Waals surface area contributed by atoms with Crippen molar-refractivity contribution in [3.8, 4) is 0 Å². The van der Waals surface area contributed by atoms with Crippen molar-refractivity contribution in [2.24, 2.45) is 0 Å². The van der Waals surface area contributed by atoms with Gasteiger partial charge < -0.3 is 20.1 Å². The molecule has 0 aromatic heterocycles. The molecule has 1 aromatic rings. The first-order chi connectivity index (χ1) is 10.7. The minimum atomic E-state index is -0.153. The number of morpholine rings is 1. The molecule has 1 aliphatic heterocycles. The van der Waals surface area contributed by atoms with Gasteiger partial charge in [-0.25, -0.2) is 4.39 Å². The number of rotatable bonds is 4. The van der Waals surface area contributed by atoms with Gasteiger partial charge in [-0.2, -0.15) is 0 Å². The Bertz CT molecular complexity index is 484. The van der Waals surface area contributed by atoms with Gasteiger partial charge in [0.25, 0.3) is 0 Å². The normalized spacial score (nSPS) is 26.2. The first kappa shape index (κ1) is 15.7. The number of ether oxygens (including phenoxy) is 1. The van der Waals surface area contributed by atoms with Crippen LogP contribution in [0.4, 0.5) is 10.1 Å². The zero-order chi connectivity index (χ0) is 15.4. The first-order valence-corrected chi connectivity index (χ1v) is 8.25. The summed E-state index contributed by atoms with van der Waals surface area (Å²) < 4.78 is 19.6. The Labute approximate surface area is 131 Å². The summed E-state index contributed by atoms with van der Waals surface area (Å²) in [4.78, 5) is 2.04. The molecule has 122 valence electrons. The number of aliphatic hydroxyl groups is 1. The Morgan fingerprint density at radius 2 is 1.91 bits per heavy atom. The summed E-state index contributed by atoms with van der Waals surface area (Å²) in [6.07, 6.45) is 3.58. The quantitative estimate of drug-likeness (QED) is 0.894. The molecule has 1 saturated heterocycles. The summed E-state index contributed by atoms with van der Waals surface area (Å²) in [5.41, 5.74) is 1.65. The monoisotopic (exact) mass is 308 g/mol. The fourth-order valence-corrected chi connectivity index (χ4v) is 3.26. The van der Waals surface area contributed by atoms with Crippen molar-refractivity contribution in [2.45, 2.75) is 44.4 Å². The Balaban J connectivity index is 1.55. The molecule has 1 aromatic carbocycles. The van der Waals surface area contributed by atoms with Gasteiger partial charge in [0.15, 0.2) is 0 Å². The SMILES string of the molecule is OC1CCC(NCc2ccc(N3CCOCC3)c(F)c2)CC1. The molecule has 1 heterocycles. The molecule has 0 atom stereocenters. The zero-order valence-corrected chi connectivity index (χ0v) is 12.9. The van der Waals surface area contributed by atoms with Crippen LogP contribution in [0.3, 0.4) is 0 Å². The van der Waals surface area contributed by atoms with Crippen LogP contribution in [0, 0.1) is 5.82 Å². The van der Waals surface area contributed by atoms with E-state index in [0.29, 0.717) is 31.5 Å². The number of nitrogens with one attached hydrogen (secondary N) is 1. The van der Waals surface area contributed by atoms with Gasteiger partial charge in [0.05, 0.1) is 25.0 Å². The smallest absolute Gasteiger partial charge is 0.146 e. The summed E-state index contributed by atoms with van der Waals surface area (Å²) in [7, 11) is 0. The minimum absolute atomic E-state index is 0.136. The van der Waals surface area contributed by atoms with Gasteiger partial charge in [-0.1, -0.05) is 6.07 Å². The molecule has 22 heavy (non-hydrogen) atoms. The molecule has 2 aliphatic rings. The van der Waals surface area contributed by atoms with E-state index in [4.69, 9.17) is 4.74 Å². The lowest BCUT2D eigenvalue weighted by Crippen LogP contribution is -2.36. The molecule has 5 heteroatoms. The largest absolute Gasteiger partial charge is 0.393 e. The van der Waals surface area contributed by atoms with Crippen molar-refractivity contribution in [2.75, 3.05) is 31.2 Å². The van der Waals surface area contributed by atoms with E-state index in [9.17, 15) is 9.50 Å². The van der Waals surface area contributed by atoms with Crippen LogP contribution < -0.4 is 10.2 Å². The van der Waals surface area contributed by atoms with E-state index in [1.54, 1.807) is 6.07 Å². The second-order valence-electron chi connectivity index (χ2n) is 6.27. The second-order valence-corrected chi connectivity index (χ2v) is 6.27. The molecule has 3 rings (SSSR count). The molecule has 1 saturated carbocycles. The molecule has 0 amide bonds. The highest BCUT2D eigenvalue weighted by Crippen LogP contribution is 2.22. The van der Waals surface area contributed by atoms with E-state index in [1.165, 1.54) is 0 Å². The average Bonchev–Trinajstić information content (AvgIpc) is 2.55. The fourth-order valence-electron chi connectivity index (χ4n) is 3.26. The Morgan fingerprint density at radius 3 is 2.59 bits per heavy atom. The van der Waals surface area contributed by atoms with Crippen LogP contribution in [-0.4, -0.2) is 43.6 Å². The second kappa shape index (κ2) is 7.40. The summed E-state index contributed by atoms with van der Waals surface area (Å²) in [5, 5.41) is 13.0. The van der Waals surface area contributed by atoms with Gasteiger partial charge in [0, 0.05) is 25.7 Å². The van der Waals surface area contributed by atoms with Crippen molar-refractivity contribution in [1.82, 2.24) is 5.32 Å². The number of aliphatic hydroxyl groups excluding tert-OH is 1. The third-order valence-corrected chi connectivity index (χ3v) is 4.66. The molecule has 1 aliphatic carbocycles. The van der Waals surface area contributed by atoms with E-state index >= 15 is 0 Å². The van der Waals surface area contributed by atoms with Crippen molar-refractivity contribution in [1.29, 1.82) is 0 Å². The lowest BCUT2D eigenvalue weighted by Gasteiger charge is -2.29. The maximum absolute atomic E-state index is 14.3. The lowest BCUT2D eigenvalue weighted by molar-refractivity contribution is 0.116. The highest BCUT2D eigenvalue weighted by atomic mass is 19.1. The summed E-state index contributed by atoms with van der Waals surface area (Å²) >= 11 is 0. The molecule has 4 nitrogen and oxygen atoms in total. The van der Waals surface area contributed by atoms with Crippen LogP contribution in [0.15, 0.2) is 18.2 Å². The molecule has 0 radical (unpaired) electrons. The number of nitrogens with zero attached hydrogens (tertiary/aromatic N) is 1. The van der Waals surface area contributed by atoms with Crippen LogP contribution in [0.1, 0.15) is 31.2 Å². The maximum atomic E-state index is 14.3. The van der Waals surface area contributed by atoms with Gasteiger partial charge in [-0.05, 0) is 43.4 Å².